The second-order valence-corrected chi connectivity index (χ2v) is 5.25. The van der Waals surface area contributed by atoms with Gasteiger partial charge < -0.3 is 14.8 Å². The van der Waals surface area contributed by atoms with Gasteiger partial charge in [-0.3, -0.25) is 0 Å². The van der Waals surface area contributed by atoms with Gasteiger partial charge in [0.1, 0.15) is 18.1 Å². The van der Waals surface area contributed by atoms with Crippen LogP contribution in [0.2, 0.25) is 0 Å². The average Bonchev–Trinajstić information content (AvgIpc) is 2.47. The van der Waals surface area contributed by atoms with Gasteiger partial charge in [0.25, 0.3) is 0 Å². The summed E-state index contributed by atoms with van der Waals surface area (Å²) < 4.78 is 11.1. The first-order chi connectivity index (χ1) is 10.1. The molecule has 1 unspecified atom stereocenters. The van der Waals surface area contributed by atoms with Crippen LogP contribution in [-0.2, 0) is 0 Å². The van der Waals surface area contributed by atoms with Gasteiger partial charge in [-0.2, -0.15) is 0 Å². The van der Waals surface area contributed by atoms with Crippen molar-refractivity contribution < 1.29 is 9.47 Å². The van der Waals surface area contributed by atoms with Gasteiger partial charge >= 0.3 is 0 Å². The highest BCUT2D eigenvalue weighted by Gasteiger charge is 2.11. The van der Waals surface area contributed by atoms with Crippen molar-refractivity contribution in [3.8, 4) is 11.5 Å². The molecule has 0 radical (unpaired) electrons. The molecule has 1 N–H and O–H groups in total. The van der Waals surface area contributed by atoms with E-state index >= 15 is 0 Å². The molecule has 0 aliphatic carbocycles. The summed E-state index contributed by atoms with van der Waals surface area (Å²) in [7, 11) is 3.61. The molecule has 1 atom stereocenters. The zero-order chi connectivity index (χ0) is 15.2. The van der Waals surface area contributed by atoms with Crippen molar-refractivity contribution in [1.82, 2.24) is 5.32 Å². The van der Waals surface area contributed by atoms with Gasteiger partial charge in [0.2, 0.25) is 0 Å². The summed E-state index contributed by atoms with van der Waals surface area (Å²) in [6.45, 7) is 4.81. The van der Waals surface area contributed by atoms with Crippen molar-refractivity contribution >= 4 is 0 Å². The third kappa shape index (κ3) is 4.23. The summed E-state index contributed by atoms with van der Waals surface area (Å²) in [5.74, 6) is 1.62. The Morgan fingerprint density at radius 1 is 1.00 bits per heavy atom. The lowest BCUT2D eigenvalue weighted by atomic mass is 10.0. The molecule has 0 spiro atoms. The Bertz CT molecular complexity index is 575. The molecule has 2 aromatic carbocycles. The Balaban J connectivity index is 2.08. The standard InChI is InChI=1S/C18H23NO2/c1-13-8-14(2)10-15(9-13)18(19-3)12-21-17-7-5-6-16(11-17)20-4/h5-11,18-19H,12H2,1-4H3. The van der Waals surface area contributed by atoms with Crippen molar-refractivity contribution in [3.05, 3.63) is 59.2 Å². The maximum atomic E-state index is 5.89. The highest BCUT2D eigenvalue weighted by molar-refractivity contribution is 5.34. The number of benzene rings is 2. The van der Waals surface area contributed by atoms with Gasteiger partial charge in [0, 0.05) is 6.07 Å². The molecule has 3 heteroatoms. The first kappa shape index (κ1) is 15.4. The largest absolute Gasteiger partial charge is 0.497 e. The van der Waals surface area contributed by atoms with Gasteiger partial charge in [-0.25, -0.2) is 0 Å². The molecule has 0 saturated carbocycles. The summed E-state index contributed by atoms with van der Waals surface area (Å²) >= 11 is 0. The Labute approximate surface area is 126 Å². The highest BCUT2D eigenvalue weighted by atomic mass is 16.5. The molecule has 2 aromatic rings. The lowest BCUT2D eigenvalue weighted by molar-refractivity contribution is 0.271. The Kier molecular flexibility index (Phi) is 5.23. The minimum atomic E-state index is 0.162. The first-order valence-corrected chi connectivity index (χ1v) is 7.14. The average molecular weight is 285 g/mol. The maximum Gasteiger partial charge on any atom is 0.123 e. The molecule has 0 fully saturated rings. The predicted octanol–water partition coefficient (Wildman–Crippen LogP) is 3.65. The number of hydrogen-bond donors (Lipinski definition) is 1. The van der Waals surface area contributed by atoms with Gasteiger partial charge in [-0.15, -0.1) is 0 Å². The van der Waals surface area contributed by atoms with E-state index in [1.54, 1.807) is 7.11 Å². The van der Waals surface area contributed by atoms with Gasteiger partial charge in [0.15, 0.2) is 0 Å². The van der Waals surface area contributed by atoms with Gasteiger partial charge in [-0.1, -0.05) is 35.4 Å². The second-order valence-electron chi connectivity index (χ2n) is 5.25. The van der Waals surface area contributed by atoms with E-state index in [1.165, 1.54) is 16.7 Å². The molecule has 0 aliphatic heterocycles. The zero-order valence-corrected chi connectivity index (χ0v) is 13.1. The molecule has 0 saturated heterocycles. The van der Waals surface area contributed by atoms with Crippen molar-refractivity contribution in [2.75, 3.05) is 20.8 Å². The molecular weight excluding hydrogens is 262 g/mol. The van der Waals surface area contributed by atoms with E-state index in [-0.39, 0.29) is 6.04 Å². The van der Waals surface area contributed by atoms with E-state index in [4.69, 9.17) is 9.47 Å². The number of methoxy groups -OCH3 is 1. The van der Waals surface area contributed by atoms with E-state index in [0.29, 0.717) is 6.61 Å². The lowest BCUT2D eigenvalue weighted by Crippen LogP contribution is -2.23. The Morgan fingerprint density at radius 2 is 1.67 bits per heavy atom. The van der Waals surface area contributed by atoms with Crippen LogP contribution < -0.4 is 14.8 Å². The number of rotatable bonds is 6. The Hall–Kier alpha value is -2.00. The van der Waals surface area contributed by atoms with Crippen LogP contribution in [0, 0.1) is 13.8 Å². The van der Waals surface area contributed by atoms with Crippen LogP contribution in [0.3, 0.4) is 0 Å². The lowest BCUT2D eigenvalue weighted by Gasteiger charge is -2.19. The molecule has 0 amide bonds. The summed E-state index contributed by atoms with van der Waals surface area (Å²) in [6, 6.07) is 14.4. The van der Waals surface area contributed by atoms with Gasteiger partial charge in [-0.05, 0) is 38.6 Å². The predicted molar refractivity (Wildman–Crippen MR) is 86.2 cm³/mol. The number of aryl methyl sites for hydroxylation is 2. The topological polar surface area (TPSA) is 30.5 Å². The molecule has 112 valence electrons. The Morgan fingerprint density at radius 3 is 2.29 bits per heavy atom. The van der Waals surface area contributed by atoms with E-state index in [9.17, 15) is 0 Å². The summed E-state index contributed by atoms with van der Waals surface area (Å²) in [6.07, 6.45) is 0. The maximum absolute atomic E-state index is 5.89. The van der Waals surface area contributed by atoms with E-state index in [0.717, 1.165) is 11.5 Å². The third-order valence-electron chi connectivity index (χ3n) is 3.45. The quantitative estimate of drug-likeness (QED) is 0.878. The SMILES string of the molecule is CNC(COc1cccc(OC)c1)c1cc(C)cc(C)c1. The molecular formula is C18H23NO2. The van der Waals surface area contributed by atoms with Crippen molar-refractivity contribution in [1.29, 1.82) is 0 Å². The minimum absolute atomic E-state index is 0.162. The van der Waals surface area contributed by atoms with Crippen molar-refractivity contribution in [2.45, 2.75) is 19.9 Å². The van der Waals surface area contributed by atoms with Gasteiger partial charge in [0.05, 0.1) is 13.2 Å². The van der Waals surface area contributed by atoms with Crippen LogP contribution in [0.4, 0.5) is 0 Å². The molecule has 3 nitrogen and oxygen atoms in total. The monoisotopic (exact) mass is 285 g/mol. The minimum Gasteiger partial charge on any atom is -0.497 e. The van der Waals surface area contributed by atoms with Crippen LogP contribution in [0.25, 0.3) is 0 Å². The van der Waals surface area contributed by atoms with E-state index < -0.39 is 0 Å². The van der Waals surface area contributed by atoms with Crippen LogP contribution in [0.15, 0.2) is 42.5 Å². The number of ether oxygens (including phenoxy) is 2. The fraction of sp³-hybridized carbons (Fsp3) is 0.333. The van der Waals surface area contributed by atoms with Crippen molar-refractivity contribution in [3.63, 3.8) is 0 Å². The summed E-state index contributed by atoms with van der Waals surface area (Å²) in [4.78, 5) is 0. The summed E-state index contributed by atoms with van der Waals surface area (Å²) in [5, 5.41) is 3.32. The normalized spacial score (nSPS) is 12.0. The molecule has 2 rings (SSSR count). The number of likely N-dealkylation sites (N-methyl/N-ethyl adjacent to an activating group) is 1. The third-order valence-corrected chi connectivity index (χ3v) is 3.45. The number of nitrogens with one attached hydrogen (secondary N) is 1. The molecule has 21 heavy (non-hydrogen) atoms. The van der Waals surface area contributed by atoms with E-state index in [2.05, 4.69) is 37.4 Å². The molecule has 0 heterocycles. The fourth-order valence-corrected chi connectivity index (χ4v) is 2.43. The fourth-order valence-electron chi connectivity index (χ4n) is 2.43. The van der Waals surface area contributed by atoms with Crippen molar-refractivity contribution in [2.24, 2.45) is 0 Å². The van der Waals surface area contributed by atoms with Crippen LogP contribution in [0.5, 0.6) is 11.5 Å². The molecule has 0 bridgehead atoms. The highest BCUT2D eigenvalue weighted by Crippen LogP contribution is 2.22. The molecule has 0 aliphatic rings. The van der Waals surface area contributed by atoms with E-state index in [1.807, 2.05) is 31.3 Å². The van der Waals surface area contributed by atoms with Crippen LogP contribution in [0.1, 0.15) is 22.7 Å². The number of hydrogen-bond acceptors (Lipinski definition) is 3. The molecule has 0 aromatic heterocycles. The second kappa shape index (κ2) is 7.14. The first-order valence-electron chi connectivity index (χ1n) is 7.14. The zero-order valence-electron chi connectivity index (χ0n) is 13.1. The van der Waals surface area contributed by atoms with Crippen LogP contribution >= 0.6 is 0 Å². The smallest absolute Gasteiger partial charge is 0.123 e. The van der Waals surface area contributed by atoms with Crippen LogP contribution in [-0.4, -0.2) is 20.8 Å². The summed E-state index contributed by atoms with van der Waals surface area (Å²) in [5.41, 5.74) is 3.79.